The smallest absolute Gasteiger partial charge is 0.149 e. The summed E-state index contributed by atoms with van der Waals surface area (Å²) >= 11 is 0. The van der Waals surface area contributed by atoms with Crippen molar-refractivity contribution in [2.45, 2.75) is 0 Å². The van der Waals surface area contributed by atoms with Gasteiger partial charge in [-0.3, -0.25) is 0 Å². The Balaban J connectivity index is 2.91. The number of nitrogen functional groups attached to an aromatic ring is 1. The molecule has 2 aromatic heterocycles. The van der Waals surface area contributed by atoms with Crippen LogP contribution in [0.15, 0.2) is 24.7 Å². The van der Waals surface area contributed by atoms with E-state index in [2.05, 4.69) is 4.98 Å². The van der Waals surface area contributed by atoms with Crippen LogP contribution in [0.25, 0.3) is 5.65 Å². The molecule has 0 bridgehead atoms. The lowest BCUT2D eigenvalue weighted by Crippen LogP contribution is -2.13. The summed E-state index contributed by atoms with van der Waals surface area (Å²) in [4.78, 5) is 4.16. The third-order valence-electron chi connectivity index (χ3n) is 2.11. The minimum absolute atomic E-state index is 0.553. The van der Waals surface area contributed by atoms with Crippen molar-refractivity contribution in [3.63, 3.8) is 0 Å². The molecule has 0 fully saturated rings. The SMILES string of the molecule is CP(C)(=O)c1c(N)ccn2ccnc12. The molecule has 4 nitrogen and oxygen atoms in total. The van der Waals surface area contributed by atoms with E-state index in [0.29, 0.717) is 16.6 Å². The highest BCUT2D eigenvalue weighted by Gasteiger charge is 2.19. The summed E-state index contributed by atoms with van der Waals surface area (Å²) in [5.74, 6) is 0. The van der Waals surface area contributed by atoms with Crippen molar-refractivity contribution in [1.29, 1.82) is 0 Å². The summed E-state index contributed by atoms with van der Waals surface area (Å²) in [5.41, 5.74) is 7.05. The lowest BCUT2D eigenvalue weighted by atomic mass is 10.4. The van der Waals surface area contributed by atoms with Gasteiger partial charge in [0.2, 0.25) is 0 Å². The maximum atomic E-state index is 12.0. The molecule has 0 saturated heterocycles. The first-order chi connectivity index (χ1) is 6.50. The standard InChI is InChI=1S/C9H12N3OP/c1-14(2,13)8-7(10)3-5-12-6-4-11-9(8)12/h3-6H,10H2,1-2H3. The first-order valence-electron chi connectivity index (χ1n) is 4.27. The van der Waals surface area contributed by atoms with Crippen LogP contribution in [-0.2, 0) is 4.57 Å². The summed E-state index contributed by atoms with van der Waals surface area (Å²) in [6.07, 6.45) is 5.30. The van der Waals surface area contributed by atoms with Gasteiger partial charge in [0.05, 0.1) is 5.30 Å². The third-order valence-corrected chi connectivity index (χ3v) is 3.64. The number of nitrogens with zero attached hydrogens (tertiary/aromatic N) is 2. The van der Waals surface area contributed by atoms with E-state index in [4.69, 9.17) is 5.73 Å². The van der Waals surface area contributed by atoms with E-state index in [1.165, 1.54) is 0 Å². The number of hydrogen-bond acceptors (Lipinski definition) is 3. The molecule has 2 aromatic rings. The number of pyridine rings is 1. The van der Waals surface area contributed by atoms with Crippen LogP contribution in [0.3, 0.4) is 0 Å². The highest BCUT2D eigenvalue weighted by molar-refractivity contribution is 7.70. The van der Waals surface area contributed by atoms with Crippen LogP contribution in [0, 0.1) is 0 Å². The Morgan fingerprint density at radius 2 is 2.14 bits per heavy atom. The number of imidazole rings is 1. The van der Waals surface area contributed by atoms with E-state index < -0.39 is 7.14 Å². The summed E-state index contributed by atoms with van der Waals surface area (Å²) < 4.78 is 13.8. The van der Waals surface area contributed by atoms with Gasteiger partial charge in [-0.05, 0) is 19.4 Å². The van der Waals surface area contributed by atoms with Crippen molar-refractivity contribution in [2.24, 2.45) is 0 Å². The number of nitrogens with two attached hydrogens (primary N) is 1. The number of hydrogen-bond donors (Lipinski definition) is 1. The average Bonchev–Trinajstić information content (AvgIpc) is 2.48. The van der Waals surface area contributed by atoms with Gasteiger partial charge in [-0.2, -0.15) is 0 Å². The second-order valence-corrected chi connectivity index (χ2v) is 6.78. The number of anilines is 1. The van der Waals surface area contributed by atoms with Gasteiger partial charge in [-0.1, -0.05) is 0 Å². The Bertz CT molecular complexity index is 526. The lowest BCUT2D eigenvalue weighted by molar-refractivity contribution is 0.588. The van der Waals surface area contributed by atoms with Crippen molar-refractivity contribution in [1.82, 2.24) is 9.38 Å². The van der Waals surface area contributed by atoms with E-state index in [-0.39, 0.29) is 0 Å². The van der Waals surface area contributed by atoms with Gasteiger partial charge in [0.25, 0.3) is 0 Å². The maximum Gasteiger partial charge on any atom is 0.149 e. The molecular weight excluding hydrogens is 197 g/mol. The molecule has 0 spiro atoms. The molecule has 14 heavy (non-hydrogen) atoms. The zero-order valence-corrected chi connectivity index (χ0v) is 9.03. The van der Waals surface area contributed by atoms with Crippen molar-refractivity contribution in [3.05, 3.63) is 24.7 Å². The average molecular weight is 209 g/mol. The van der Waals surface area contributed by atoms with Gasteiger partial charge in [0.15, 0.2) is 0 Å². The van der Waals surface area contributed by atoms with Gasteiger partial charge >= 0.3 is 0 Å². The Labute approximate surface area is 82.1 Å². The fourth-order valence-corrected chi connectivity index (χ4v) is 2.89. The summed E-state index contributed by atoms with van der Waals surface area (Å²) in [6.45, 7) is 3.40. The van der Waals surface area contributed by atoms with Crippen LogP contribution in [0.4, 0.5) is 5.69 Å². The second-order valence-electron chi connectivity index (χ2n) is 3.63. The third kappa shape index (κ3) is 1.32. The number of rotatable bonds is 1. The maximum absolute atomic E-state index is 12.0. The van der Waals surface area contributed by atoms with E-state index in [0.717, 1.165) is 0 Å². The predicted octanol–water partition coefficient (Wildman–Crippen LogP) is 1.16. The molecule has 0 aliphatic carbocycles. The monoisotopic (exact) mass is 209 g/mol. The van der Waals surface area contributed by atoms with E-state index in [1.54, 1.807) is 25.6 Å². The molecule has 0 aliphatic rings. The van der Waals surface area contributed by atoms with Crippen LogP contribution in [0.1, 0.15) is 0 Å². The number of aromatic nitrogens is 2. The zero-order chi connectivity index (χ0) is 10.3. The summed E-state index contributed by atoms with van der Waals surface area (Å²) in [6, 6.07) is 1.75. The van der Waals surface area contributed by atoms with Gasteiger partial charge in [0, 0.05) is 24.3 Å². The first kappa shape index (κ1) is 9.28. The lowest BCUT2D eigenvalue weighted by Gasteiger charge is -2.11. The first-order valence-corrected chi connectivity index (χ1v) is 6.87. The van der Waals surface area contributed by atoms with Crippen LogP contribution in [0.2, 0.25) is 0 Å². The topological polar surface area (TPSA) is 60.4 Å². The molecule has 74 valence electrons. The Hall–Kier alpha value is -1.28. The molecule has 0 saturated carbocycles. The number of fused-ring (bicyclic) bond motifs is 1. The second kappa shape index (κ2) is 2.85. The minimum atomic E-state index is -2.38. The molecule has 0 amide bonds. The van der Waals surface area contributed by atoms with Crippen LogP contribution in [-0.4, -0.2) is 22.7 Å². The molecule has 2 heterocycles. The van der Waals surface area contributed by atoms with E-state index >= 15 is 0 Å². The predicted molar refractivity (Wildman–Crippen MR) is 58.7 cm³/mol. The molecule has 0 radical (unpaired) electrons. The Morgan fingerprint density at radius 1 is 1.43 bits per heavy atom. The molecule has 0 aliphatic heterocycles. The van der Waals surface area contributed by atoms with Crippen molar-refractivity contribution in [3.8, 4) is 0 Å². The zero-order valence-electron chi connectivity index (χ0n) is 8.14. The Kier molecular flexibility index (Phi) is 1.89. The van der Waals surface area contributed by atoms with E-state index in [9.17, 15) is 4.57 Å². The molecular formula is C9H12N3OP. The molecule has 0 atom stereocenters. The van der Waals surface area contributed by atoms with Crippen molar-refractivity contribution < 1.29 is 4.57 Å². The van der Waals surface area contributed by atoms with Gasteiger partial charge in [0.1, 0.15) is 12.8 Å². The van der Waals surface area contributed by atoms with Gasteiger partial charge in [-0.15, -0.1) is 0 Å². The summed E-state index contributed by atoms with van der Waals surface area (Å²) in [7, 11) is -2.38. The van der Waals surface area contributed by atoms with Gasteiger partial charge in [-0.25, -0.2) is 4.98 Å². The molecule has 2 rings (SSSR count). The highest BCUT2D eigenvalue weighted by Crippen LogP contribution is 2.38. The Morgan fingerprint density at radius 3 is 2.79 bits per heavy atom. The molecule has 5 heteroatoms. The van der Waals surface area contributed by atoms with Gasteiger partial charge < -0.3 is 14.7 Å². The fourth-order valence-electron chi connectivity index (χ4n) is 1.54. The quantitative estimate of drug-likeness (QED) is 0.717. The van der Waals surface area contributed by atoms with Crippen molar-refractivity contribution >= 4 is 23.8 Å². The fraction of sp³-hybridized carbons (Fsp3) is 0.222. The van der Waals surface area contributed by atoms with Crippen LogP contribution in [0.5, 0.6) is 0 Å². The van der Waals surface area contributed by atoms with Crippen LogP contribution >= 0.6 is 7.14 Å². The van der Waals surface area contributed by atoms with Crippen LogP contribution < -0.4 is 11.0 Å². The molecule has 0 aromatic carbocycles. The minimum Gasteiger partial charge on any atom is -0.398 e. The molecule has 0 unspecified atom stereocenters. The molecule has 2 N–H and O–H groups in total. The van der Waals surface area contributed by atoms with E-state index in [1.807, 2.05) is 16.8 Å². The van der Waals surface area contributed by atoms with Crippen molar-refractivity contribution in [2.75, 3.05) is 19.1 Å². The highest BCUT2D eigenvalue weighted by atomic mass is 31.2. The normalized spacial score (nSPS) is 12.1. The summed E-state index contributed by atoms with van der Waals surface area (Å²) in [5, 5.41) is 0.671. The largest absolute Gasteiger partial charge is 0.398 e.